The molecule has 1 aliphatic rings. The SMILES string of the molecule is N=c1c(C(N)=O)cc(Cl)cn1Cc1cccc(OCC2CC2)c1. The number of carbonyl (C=O) groups excluding carboxylic acids is 1. The van der Waals surface area contributed by atoms with Gasteiger partial charge in [0.2, 0.25) is 0 Å². The first-order valence-corrected chi connectivity index (χ1v) is 7.87. The molecular formula is C17H18ClN3O2. The van der Waals surface area contributed by atoms with E-state index in [1.54, 1.807) is 10.8 Å². The summed E-state index contributed by atoms with van der Waals surface area (Å²) in [5, 5.41) is 8.47. The van der Waals surface area contributed by atoms with Crippen molar-refractivity contribution in [3.63, 3.8) is 0 Å². The van der Waals surface area contributed by atoms with E-state index in [4.69, 9.17) is 27.5 Å². The van der Waals surface area contributed by atoms with Gasteiger partial charge in [0.15, 0.2) is 0 Å². The number of benzene rings is 1. The van der Waals surface area contributed by atoms with Crippen molar-refractivity contribution in [3.05, 3.63) is 58.2 Å². The number of primary amides is 1. The van der Waals surface area contributed by atoms with Crippen LogP contribution in [0.3, 0.4) is 0 Å². The molecular weight excluding hydrogens is 314 g/mol. The molecule has 1 saturated carbocycles. The summed E-state index contributed by atoms with van der Waals surface area (Å²) in [6.45, 7) is 1.17. The van der Waals surface area contributed by atoms with Crippen LogP contribution in [-0.4, -0.2) is 17.1 Å². The highest BCUT2D eigenvalue weighted by atomic mass is 35.5. The number of hydrogen-bond acceptors (Lipinski definition) is 3. The summed E-state index contributed by atoms with van der Waals surface area (Å²) in [6, 6.07) is 9.14. The van der Waals surface area contributed by atoms with Crippen molar-refractivity contribution in [2.24, 2.45) is 11.7 Å². The molecule has 1 amide bonds. The highest BCUT2D eigenvalue weighted by Crippen LogP contribution is 2.29. The number of nitrogens with two attached hydrogens (primary N) is 1. The number of nitrogens with one attached hydrogen (secondary N) is 1. The van der Waals surface area contributed by atoms with Gasteiger partial charge in [0.25, 0.3) is 5.91 Å². The van der Waals surface area contributed by atoms with Gasteiger partial charge in [-0.3, -0.25) is 10.2 Å². The van der Waals surface area contributed by atoms with Gasteiger partial charge in [0.1, 0.15) is 11.2 Å². The smallest absolute Gasteiger partial charge is 0.252 e. The minimum absolute atomic E-state index is 0.0474. The zero-order valence-corrected chi connectivity index (χ0v) is 13.3. The van der Waals surface area contributed by atoms with Crippen molar-refractivity contribution in [2.45, 2.75) is 19.4 Å². The van der Waals surface area contributed by atoms with E-state index in [-0.39, 0.29) is 11.1 Å². The van der Waals surface area contributed by atoms with Crippen molar-refractivity contribution in [1.29, 1.82) is 5.41 Å². The van der Waals surface area contributed by atoms with Crippen molar-refractivity contribution in [2.75, 3.05) is 6.61 Å². The zero-order chi connectivity index (χ0) is 16.4. The molecule has 120 valence electrons. The summed E-state index contributed by atoms with van der Waals surface area (Å²) in [5.41, 5.74) is 6.42. The molecule has 1 aliphatic carbocycles. The van der Waals surface area contributed by atoms with Gasteiger partial charge in [-0.25, -0.2) is 0 Å². The molecule has 0 bridgehead atoms. The van der Waals surface area contributed by atoms with Gasteiger partial charge in [-0.05, 0) is 42.5 Å². The van der Waals surface area contributed by atoms with Crippen molar-refractivity contribution in [3.8, 4) is 5.75 Å². The number of ether oxygens (including phenoxy) is 1. The Hall–Kier alpha value is -2.27. The van der Waals surface area contributed by atoms with Crippen molar-refractivity contribution in [1.82, 2.24) is 4.57 Å². The van der Waals surface area contributed by atoms with E-state index in [0.29, 0.717) is 17.5 Å². The lowest BCUT2D eigenvalue weighted by molar-refractivity contribution is 0.0998. The number of pyridine rings is 1. The topological polar surface area (TPSA) is 81.1 Å². The summed E-state index contributed by atoms with van der Waals surface area (Å²) in [7, 11) is 0. The number of nitrogens with zero attached hydrogens (tertiary/aromatic N) is 1. The summed E-state index contributed by atoms with van der Waals surface area (Å²) in [6.07, 6.45) is 4.11. The second-order valence-corrected chi connectivity index (χ2v) is 6.25. The van der Waals surface area contributed by atoms with Crippen LogP contribution in [0.1, 0.15) is 28.8 Å². The Morgan fingerprint density at radius 2 is 2.17 bits per heavy atom. The van der Waals surface area contributed by atoms with Crippen LogP contribution < -0.4 is 16.0 Å². The number of aromatic nitrogens is 1. The zero-order valence-electron chi connectivity index (χ0n) is 12.6. The van der Waals surface area contributed by atoms with Crippen LogP contribution in [-0.2, 0) is 6.54 Å². The van der Waals surface area contributed by atoms with Crippen molar-refractivity contribution >= 4 is 17.5 Å². The number of hydrogen-bond donors (Lipinski definition) is 2. The molecule has 23 heavy (non-hydrogen) atoms. The molecule has 5 nitrogen and oxygen atoms in total. The molecule has 0 unspecified atom stereocenters. The van der Waals surface area contributed by atoms with Crippen LogP contribution in [0.5, 0.6) is 5.75 Å². The molecule has 2 aromatic rings. The molecule has 3 N–H and O–H groups in total. The summed E-state index contributed by atoms with van der Waals surface area (Å²) in [4.78, 5) is 11.4. The summed E-state index contributed by atoms with van der Waals surface area (Å²) < 4.78 is 7.37. The third kappa shape index (κ3) is 3.93. The van der Waals surface area contributed by atoms with Crippen LogP contribution in [0.25, 0.3) is 0 Å². The molecule has 1 aromatic heterocycles. The summed E-state index contributed by atoms with van der Waals surface area (Å²) in [5.74, 6) is 0.852. The van der Waals surface area contributed by atoms with Crippen LogP contribution in [0.2, 0.25) is 5.02 Å². The van der Waals surface area contributed by atoms with Crippen LogP contribution in [0, 0.1) is 11.3 Å². The Morgan fingerprint density at radius 3 is 2.87 bits per heavy atom. The fourth-order valence-corrected chi connectivity index (χ4v) is 2.58. The Morgan fingerprint density at radius 1 is 1.39 bits per heavy atom. The van der Waals surface area contributed by atoms with Crippen molar-refractivity contribution < 1.29 is 9.53 Å². The van der Waals surface area contributed by atoms with Crippen LogP contribution >= 0.6 is 11.6 Å². The molecule has 1 fully saturated rings. The maximum atomic E-state index is 11.4. The average Bonchev–Trinajstić information content (AvgIpc) is 3.33. The highest BCUT2D eigenvalue weighted by Gasteiger charge is 2.21. The van der Waals surface area contributed by atoms with Gasteiger partial charge < -0.3 is 15.0 Å². The maximum absolute atomic E-state index is 11.4. The van der Waals surface area contributed by atoms with E-state index in [0.717, 1.165) is 17.9 Å². The fourth-order valence-electron chi connectivity index (χ4n) is 2.35. The Bertz CT molecular complexity index is 797. The number of carbonyl (C=O) groups is 1. The molecule has 1 heterocycles. The van der Waals surface area contributed by atoms with Crippen LogP contribution in [0.15, 0.2) is 36.5 Å². The molecule has 0 radical (unpaired) electrons. The quantitative estimate of drug-likeness (QED) is 0.853. The van der Waals surface area contributed by atoms with E-state index in [1.807, 2.05) is 24.3 Å². The Balaban J connectivity index is 1.82. The normalized spacial score (nSPS) is 13.8. The maximum Gasteiger partial charge on any atom is 0.252 e. The number of halogens is 1. The minimum Gasteiger partial charge on any atom is -0.493 e. The Kier molecular flexibility index (Phi) is 4.39. The van der Waals surface area contributed by atoms with Gasteiger partial charge in [-0.1, -0.05) is 23.7 Å². The third-order valence-electron chi connectivity index (χ3n) is 3.80. The second-order valence-electron chi connectivity index (χ2n) is 5.81. The number of amides is 1. The molecule has 0 atom stereocenters. The first-order chi connectivity index (χ1) is 11.0. The average molecular weight is 332 g/mol. The van der Waals surface area contributed by atoms with Gasteiger partial charge in [-0.2, -0.15) is 0 Å². The van der Waals surface area contributed by atoms with E-state index in [2.05, 4.69) is 0 Å². The van der Waals surface area contributed by atoms with Crippen LogP contribution in [0.4, 0.5) is 0 Å². The lowest BCUT2D eigenvalue weighted by Gasteiger charge is -2.11. The van der Waals surface area contributed by atoms with E-state index in [9.17, 15) is 4.79 Å². The molecule has 3 rings (SSSR count). The molecule has 0 aliphatic heterocycles. The fraction of sp³-hybridized carbons (Fsp3) is 0.294. The lowest BCUT2D eigenvalue weighted by Crippen LogP contribution is -2.29. The number of rotatable bonds is 6. The predicted molar refractivity (Wildman–Crippen MR) is 87.6 cm³/mol. The molecule has 0 saturated heterocycles. The molecule has 1 aromatic carbocycles. The minimum atomic E-state index is -0.659. The van der Waals surface area contributed by atoms with E-state index >= 15 is 0 Å². The van der Waals surface area contributed by atoms with E-state index < -0.39 is 5.91 Å². The van der Waals surface area contributed by atoms with Gasteiger partial charge in [-0.15, -0.1) is 0 Å². The third-order valence-corrected chi connectivity index (χ3v) is 4.01. The first kappa shape index (κ1) is 15.6. The Labute approximate surface area is 139 Å². The molecule has 6 heteroatoms. The summed E-state index contributed by atoms with van der Waals surface area (Å²) >= 11 is 6.02. The molecule has 0 spiro atoms. The second kappa shape index (κ2) is 6.46. The highest BCUT2D eigenvalue weighted by molar-refractivity contribution is 6.30. The first-order valence-electron chi connectivity index (χ1n) is 7.49. The lowest BCUT2D eigenvalue weighted by atomic mass is 10.2. The standard InChI is InChI=1S/C17H18ClN3O2/c18-13-7-15(17(20)22)16(19)21(9-13)8-12-2-1-3-14(6-12)23-10-11-4-5-11/h1-3,6-7,9,11,19H,4-5,8,10H2,(H2,20,22). The van der Waals surface area contributed by atoms with E-state index in [1.165, 1.54) is 18.9 Å². The monoisotopic (exact) mass is 331 g/mol. The predicted octanol–water partition coefficient (Wildman–Crippen LogP) is 2.56. The van der Waals surface area contributed by atoms with Gasteiger partial charge >= 0.3 is 0 Å². The van der Waals surface area contributed by atoms with Gasteiger partial charge in [0.05, 0.1) is 17.2 Å². The largest absolute Gasteiger partial charge is 0.493 e. The van der Waals surface area contributed by atoms with Gasteiger partial charge in [0, 0.05) is 12.7 Å².